The minimum Gasteiger partial charge on any atom is -0.369 e. The topological polar surface area (TPSA) is 101 Å². The Balaban J connectivity index is 1.76. The standard InChI is InChI=1S/C20H20ClF2N5O2S/c1-28-19(24)27-20(7-3-4-16(20)31(28,2)30)13-9-12(5-6-14(13)22)26-18(29)17-15(23)8-11(21)10-25-17/h5-6,8-10,16H,2-4,7H2,1H3,(H2,24,27)(H,26,29)/t16?,20-,31?/m1/s1. The maximum atomic E-state index is 15.0. The van der Waals surface area contributed by atoms with Gasteiger partial charge in [0, 0.05) is 24.5 Å². The number of nitrogens with one attached hydrogen (secondary N) is 1. The van der Waals surface area contributed by atoms with E-state index in [4.69, 9.17) is 17.3 Å². The summed E-state index contributed by atoms with van der Waals surface area (Å²) in [7, 11) is -1.30. The van der Waals surface area contributed by atoms with Crippen molar-refractivity contribution in [3.63, 3.8) is 0 Å². The molecule has 1 saturated carbocycles. The van der Waals surface area contributed by atoms with Crippen molar-refractivity contribution < 1.29 is 17.8 Å². The number of anilines is 1. The Labute approximate surface area is 183 Å². The molecule has 3 N–H and O–H groups in total. The Morgan fingerprint density at radius 1 is 1.39 bits per heavy atom. The first-order valence-corrected chi connectivity index (χ1v) is 11.6. The molecule has 164 valence electrons. The number of pyridine rings is 1. The molecule has 0 radical (unpaired) electrons. The molecule has 31 heavy (non-hydrogen) atoms. The maximum absolute atomic E-state index is 15.0. The molecule has 2 aromatic rings. The van der Waals surface area contributed by atoms with E-state index in [2.05, 4.69) is 21.2 Å². The van der Waals surface area contributed by atoms with Gasteiger partial charge >= 0.3 is 0 Å². The number of nitrogens with two attached hydrogens (primary N) is 1. The molecular weight excluding hydrogens is 448 g/mol. The zero-order valence-electron chi connectivity index (χ0n) is 16.6. The van der Waals surface area contributed by atoms with Crippen LogP contribution < -0.4 is 11.1 Å². The third-order valence-electron chi connectivity index (χ3n) is 5.82. The summed E-state index contributed by atoms with van der Waals surface area (Å²) in [5.74, 6) is 1.61. The molecule has 2 unspecified atom stereocenters. The zero-order chi connectivity index (χ0) is 22.6. The van der Waals surface area contributed by atoms with Crippen molar-refractivity contribution in [1.29, 1.82) is 0 Å². The SMILES string of the molecule is C=S1(=O)C2CCC[C@]2(c2cc(NC(=O)c3ncc(Cl)cc3F)ccc2F)N=C(N)N1C. The average Bonchev–Trinajstić information content (AvgIpc) is 3.13. The summed E-state index contributed by atoms with van der Waals surface area (Å²) in [6, 6.07) is 4.91. The third-order valence-corrected chi connectivity index (χ3v) is 8.65. The first-order chi connectivity index (χ1) is 14.6. The third kappa shape index (κ3) is 3.43. The van der Waals surface area contributed by atoms with Crippen molar-refractivity contribution >= 4 is 44.7 Å². The first kappa shape index (κ1) is 21.5. The quantitative estimate of drug-likeness (QED) is 0.678. The van der Waals surface area contributed by atoms with Crippen molar-refractivity contribution in [2.75, 3.05) is 12.4 Å². The summed E-state index contributed by atoms with van der Waals surface area (Å²) < 4.78 is 43.7. The lowest BCUT2D eigenvalue weighted by atomic mass is 9.87. The zero-order valence-corrected chi connectivity index (χ0v) is 18.1. The van der Waals surface area contributed by atoms with E-state index in [0.29, 0.717) is 19.3 Å². The molecule has 1 aliphatic heterocycles. The van der Waals surface area contributed by atoms with E-state index in [0.717, 1.165) is 12.3 Å². The molecule has 1 amide bonds. The number of hydrogen-bond acceptors (Lipinski definition) is 5. The number of hydrogen-bond donors (Lipinski definition) is 2. The van der Waals surface area contributed by atoms with Gasteiger partial charge in [0.2, 0.25) is 5.96 Å². The second-order valence-corrected chi connectivity index (χ2v) is 10.5. The average molecular weight is 468 g/mol. The Hall–Kier alpha value is -2.72. The summed E-state index contributed by atoms with van der Waals surface area (Å²) in [4.78, 5) is 20.7. The van der Waals surface area contributed by atoms with Crippen LogP contribution in [0.15, 0.2) is 35.5 Å². The van der Waals surface area contributed by atoms with E-state index < -0.39 is 43.7 Å². The Morgan fingerprint density at radius 2 is 2.13 bits per heavy atom. The number of carbonyl (C=O) groups excluding carboxylic acids is 1. The summed E-state index contributed by atoms with van der Waals surface area (Å²) in [6.45, 7) is 0. The van der Waals surface area contributed by atoms with Gasteiger partial charge in [-0.15, -0.1) is 0 Å². The van der Waals surface area contributed by atoms with E-state index in [-0.39, 0.29) is 22.2 Å². The summed E-state index contributed by atoms with van der Waals surface area (Å²) in [6.07, 6.45) is 2.79. The lowest BCUT2D eigenvalue weighted by Crippen LogP contribution is -2.55. The highest BCUT2D eigenvalue weighted by atomic mass is 35.5. The van der Waals surface area contributed by atoms with E-state index >= 15 is 0 Å². The molecule has 2 aliphatic rings. The highest BCUT2D eigenvalue weighted by Gasteiger charge is 2.54. The molecule has 0 bridgehead atoms. The van der Waals surface area contributed by atoms with E-state index in [1.54, 1.807) is 7.05 Å². The molecule has 11 heteroatoms. The van der Waals surface area contributed by atoms with Crippen molar-refractivity contribution in [3.8, 4) is 0 Å². The van der Waals surface area contributed by atoms with Crippen LogP contribution in [0.3, 0.4) is 0 Å². The van der Waals surface area contributed by atoms with Crippen LogP contribution in [0.25, 0.3) is 0 Å². The smallest absolute Gasteiger partial charge is 0.277 e. The van der Waals surface area contributed by atoms with Crippen LogP contribution in [0.1, 0.15) is 35.3 Å². The lowest BCUT2D eigenvalue weighted by Gasteiger charge is -2.42. The van der Waals surface area contributed by atoms with Crippen LogP contribution in [-0.2, 0) is 15.2 Å². The predicted octanol–water partition coefficient (Wildman–Crippen LogP) is 2.90. The lowest BCUT2D eigenvalue weighted by molar-refractivity contribution is 0.101. The highest BCUT2D eigenvalue weighted by Crippen LogP contribution is 2.49. The highest BCUT2D eigenvalue weighted by molar-refractivity contribution is 7.99. The van der Waals surface area contributed by atoms with Gasteiger partial charge in [0.15, 0.2) is 11.5 Å². The molecule has 1 fully saturated rings. The number of carbonyl (C=O) groups is 1. The minimum atomic E-state index is -2.85. The van der Waals surface area contributed by atoms with Crippen LogP contribution in [0.2, 0.25) is 5.02 Å². The number of rotatable bonds is 3. The summed E-state index contributed by atoms with van der Waals surface area (Å²) >= 11 is 5.67. The molecule has 0 spiro atoms. The Bertz CT molecular complexity index is 1220. The molecule has 1 aromatic carbocycles. The predicted molar refractivity (Wildman–Crippen MR) is 118 cm³/mol. The van der Waals surface area contributed by atoms with Gasteiger partial charge in [-0.25, -0.2) is 23.0 Å². The van der Waals surface area contributed by atoms with Crippen molar-refractivity contribution in [3.05, 3.63) is 58.4 Å². The number of fused-ring (bicyclic) bond motifs is 1. The normalized spacial score (nSPS) is 27.5. The molecule has 3 atom stereocenters. The monoisotopic (exact) mass is 467 g/mol. The van der Waals surface area contributed by atoms with Gasteiger partial charge in [-0.05, 0) is 49.4 Å². The van der Waals surface area contributed by atoms with Crippen LogP contribution in [0.4, 0.5) is 14.5 Å². The van der Waals surface area contributed by atoms with Gasteiger partial charge in [-0.3, -0.25) is 9.10 Å². The second kappa shape index (κ2) is 7.45. The first-order valence-electron chi connectivity index (χ1n) is 9.44. The number of aliphatic imine (C=N–C) groups is 1. The molecule has 1 aliphatic carbocycles. The van der Waals surface area contributed by atoms with E-state index in [1.165, 1.54) is 22.5 Å². The van der Waals surface area contributed by atoms with Crippen LogP contribution in [0, 0.1) is 11.6 Å². The van der Waals surface area contributed by atoms with Gasteiger partial charge < -0.3 is 11.1 Å². The number of benzene rings is 1. The fourth-order valence-corrected chi connectivity index (χ4v) is 6.60. The second-order valence-electron chi connectivity index (χ2n) is 7.60. The van der Waals surface area contributed by atoms with Gasteiger partial charge in [0.05, 0.1) is 20.0 Å². The molecule has 7 nitrogen and oxygen atoms in total. The number of amides is 1. The Kier molecular flexibility index (Phi) is 5.17. The summed E-state index contributed by atoms with van der Waals surface area (Å²) in [5.41, 5.74) is 4.76. The molecule has 0 saturated heterocycles. The number of aromatic nitrogens is 1. The van der Waals surface area contributed by atoms with Gasteiger partial charge in [-0.2, -0.15) is 0 Å². The maximum Gasteiger partial charge on any atom is 0.277 e. The molecule has 1 aromatic heterocycles. The molecule has 2 heterocycles. The fraction of sp³-hybridized carbons (Fsp3) is 0.300. The largest absolute Gasteiger partial charge is 0.369 e. The van der Waals surface area contributed by atoms with Gasteiger partial charge in [0.1, 0.15) is 11.4 Å². The van der Waals surface area contributed by atoms with Crippen LogP contribution in [0.5, 0.6) is 0 Å². The summed E-state index contributed by atoms with van der Waals surface area (Å²) in [5, 5.41) is 2.02. The van der Waals surface area contributed by atoms with Crippen LogP contribution in [-0.4, -0.2) is 43.5 Å². The molecular formula is C20H20ClF2N5O2S. The van der Waals surface area contributed by atoms with Crippen LogP contribution >= 0.6 is 11.6 Å². The minimum absolute atomic E-state index is 0.0134. The number of nitrogens with zero attached hydrogens (tertiary/aromatic N) is 3. The van der Waals surface area contributed by atoms with E-state index in [9.17, 15) is 17.8 Å². The Morgan fingerprint density at radius 3 is 2.84 bits per heavy atom. The van der Waals surface area contributed by atoms with Crippen molar-refractivity contribution in [2.45, 2.75) is 30.1 Å². The van der Waals surface area contributed by atoms with Crippen molar-refractivity contribution in [1.82, 2.24) is 9.29 Å². The van der Waals surface area contributed by atoms with Crippen molar-refractivity contribution in [2.24, 2.45) is 10.7 Å². The van der Waals surface area contributed by atoms with Gasteiger partial charge in [0.25, 0.3) is 5.91 Å². The number of halogens is 3. The van der Waals surface area contributed by atoms with E-state index in [1.807, 2.05) is 0 Å². The fourth-order valence-electron chi connectivity index (χ4n) is 4.27. The number of guanidine groups is 1. The molecule has 4 rings (SSSR count). The van der Waals surface area contributed by atoms with Gasteiger partial charge in [-0.1, -0.05) is 11.6 Å².